The van der Waals surface area contributed by atoms with Crippen LogP contribution in [0.3, 0.4) is 0 Å². The Bertz CT molecular complexity index is 810. The molecule has 5 nitrogen and oxygen atoms in total. The Labute approximate surface area is 172 Å². The van der Waals surface area contributed by atoms with Crippen molar-refractivity contribution in [1.82, 2.24) is 5.06 Å². The second-order valence-corrected chi connectivity index (χ2v) is 9.62. The number of esters is 1. The Morgan fingerprint density at radius 3 is 2.14 bits per heavy atom. The fraction of sp³-hybridized carbons (Fsp3) is 0.545. The van der Waals surface area contributed by atoms with E-state index >= 15 is 0 Å². The van der Waals surface area contributed by atoms with Crippen molar-refractivity contribution in [3.05, 3.63) is 40.1 Å². The van der Waals surface area contributed by atoms with Gasteiger partial charge in [0, 0.05) is 0 Å². The maximum absolute atomic E-state index is 13.4. The molecule has 0 radical (unpaired) electrons. The summed E-state index contributed by atoms with van der Waals surface area (Å²) in [4.78, 5) is 31.9. The van der Waals surface area contributed by atoms with Crippen LogP contribution in [0.5, 0.6) is 0 Å². The summed E-state index contributed by atoms with van der Waals surface area (Å²) in [5.74, 6) is 0.00356. The predicted molar refractivity (Wildman–Crippen MR) is 114 cm³/mol. The molecule has 1 heterocycles. The van der Waals surface area contributed by atoms with Crippen molar-refractivity contribution in [2.45, 2.75) is 60.9 Å². The van der Waals surface area contributed by atoms with Crippen molar-refractivity contribution in [3.8, 4) is 0 Å². The van der Waals surface area contributed by atoms with Gasteiger partial charge in [0.25, 0.3) is 5.91 Å². The molecular weight excluding hydrogens is 374 g/mol. The molecule has 0 bridgehead atoms. The predicted octanol–water partition coefficient (Wildman–Crippen LogP) is 4.79. The molecule has 1 aromatic rings. The molecule has 1 aromatic carbocycles. The first-order chi connectivity index (χ1) is 12.8. The fourth-order valence-corrected chi connectivity index (χ4v) is 3.60. The number of carbonyl (C=O) groups excluding carboxylic acids is 2. The van der Waals surface area contributed by atoms with Crippen LogP contribution in [0.1, 0.15) is 56.9 Å². The number of hydroxylamine groups is 2. The largest absolute Gasteiger partial charge is 0.427 e. The van der Waals surface area contributed by atoms with Crippen molar-refractivity contribution in [2.75, 3.05) is 12.2 Å². The molecule has 28 heavy (non-hydrogen) atoms. The van der Waals surface area contributed by atoms with Gasteiger partial charge in [0.15, 0.2) is 0 Å². The van der Waals surface area contributed by atoms with Crippen LogP contribution >= 0.6 is 11.8 Å². The van der Waals surface area contributed by atoms with Gasteiger partial charge in [-0.15, -0.1) is 11.8 Å². The van der Waals surface area contributed by atoms with Gasteiger partial charge in [0.2, 0.25) is 0 Å². The van der Waals surface area contributed by atoms with Gasteiger partial charge >= 0.3 is 5.97 Å². The van der Waals surface area contributed by atoms with Gasteiger partial charge in [0.05, 0.1) is 11.0 Å². The molecule has 0 N–H and O–H groups in total. The van der Waals surface area contributed by atoms with Crippen LogP contribution in [0.4, 0.5) is 0 Å². The summed E-state index contributed by atoms with van der Waals surface area (Å²) in [5, 5.41) is 1.34. The summed E-state index contributed by atoms with van der Waals surface area (Å²) in [7, 11) is 0. The molecule has 1 aliphatic heterocycles. The molecule has 2 rings (SSSR count). The Morgan fingerprint density at radius 1 is 1.14 bits per heavy atom. The number of amides is 1. The van der Waals surface area contributed by atoms with Crippen molar-refractivity contribution in [3.63, 3.8) is 0 Å². The maximum atomic E-state index is 13.4. The molecule has 154 valence electrons. The van der Waals surface area contributed by atoms with Crippen LogP contribution in [0.2, 0.25) is 0 Å². The molecule has 0 aromatic heterocycles. The lowest BCUT2D eigenvalue weighted by molar-refractivity contribution is -0.195. The first kappa shape index (κ1) is 22.5. The third-order valence-electron chi connectivity index (χ3n) is 4.72. The Balaban J connectivity index is 2.71. The zero-order valence-electron chi connectivity index (χ0n) is 18.4. The lowest BCUT2D eigenvalue weighted by Crippen LogP contribution is -2.44. The summed E-state index contributed by atoms with van der Waals surface area (Å²) in [6, 6.07) is 4.06. The number of carbonyl (C=O) groups is 2. The van der Waals surface area contributed by atoms with Crippen LogP contribution in [0.25, 0.3) is 5.57 Å². The van der Waals surface area contributed by atoms with Crippen LogP contribution in [-0.4, -0.2) is 34.7 Å². The second kappa shape index (κ2) is 7.91. The maximum Gasteiger partial charge on any atom is 0.316 e. The summed E-state index contributed by atoms with van der Waals surface area (Å²) in [6.07, 6.45) is 1.90. The second-order valence-electron chi connectivity index (χ2n) is 8.81. The van der Waals surface area contributed by atoms with E-state index in [2.05, 4.69) is 0 Å². The Morgan fingerprint density at radius 2 is 1.68 bits per heavy atom. The minimum absolute atomic E-state index is 0.286. The number of aryl methyl sites for hydroxylation is 3. The minimum atomic E-state index is -0.910. The van der Waals surface area contributed by atoms with Gasteiger partial charge in [-0.3, -0.25) is 14.4 Å². The number of hydrogen-bond acceptors (Lipinski definition) is 5. The molecule has 0 spiro atoms. The fourth-order valence-electron chi connectivity index (χ4n) is 3.39. The number of nitrogens with zero attached hydrogens (tertiary/aromatic N) is 1. The van der Waals surface area contributed by atoms with Crippen LogP contribution < -0.4 is 0 Å². The van der Waals surface area contributed by atoms with E-state index in [0.717, 1.165) is 22.3 Å². The molecule has 6 heteroatoms. The van der Waals surface area contributed by atoms with E-state index in [9.17, 15) is 9.59 Å². The topological polar surface area (TPSA) is 55.8 Å². The van der Waals surface area contributed by atoms with Crippen molar-refractivity contribution in [1.29, 1.82) is 0 Å². The molecular formula is C22H31NO4S. The number of benzene rings is 1. The van der Waals surface area contributed by atoms with Crippen molar-refractivity contribution < 1.29 is 19.2 Å². The van der Waals surface area contributed by atoms with Gasteiger partial charge in [-0.1, -0.05) is 17.7 Å². The lowest BCUT2D eigenvalue weighted by Gasteiger charge is -2.32. The molecule has 1 aliphatic rings. The first-order valence-corrected chi connectivity index (χ1v) is 10.7. The molecule has 0 saturated heterocycles. The standard InChI is InChI=1S/C22H31NO4S/c1-13-10-14(2)16(15(3)11-13)17-18(27-20(25)21(4,5)6)22(7,8)23(19(17)24)26-12-28-9/h10-11H,12H2,1-9H3. The third-order valence-corrected chi connectivity index (χ3v) is 5.06. The van der Waals surface area contributed by atoms with E-state index in [1.54, 1.807) is 20.8 Å². The molecule has 1 amide bonds. The quantitative estimate of drug-likeness (QED) is 0.521. The lowest BCUT2D eigenvalue weighted by atomic mass is 9.91. The number of ether oxygens (including phenoxy) is 1. The van der Waals surface area contributed by atoms with E-state index in [4.69, 9.17) is 9.57 Å². The average Bonchev–Trinajstić information content (AvgIpc) is 2.71. The van der Waals surface area contributed by atoms with E-state index in [1.807, 2.05) is 53.0 Å². The Hall–Kier alpha value is -1.79. The number of hydrogen-bond donors (Lipinski definition) is 0. The van der Waals surface area contributed by atoms with Crippen LogP contribution in [-0.2, 0) is 19.2 Å². The van der Waals surface area contributed by atoms with E-state index < -0.39 is 11.0 Å². The van der Waals surface area contributed by atoms with E-state index in [0.29, 0.717) is 17.3 Å². The number of rotatable bonds is 5. The summed E-state index contributed by atoms with van der Waals surface area (Å²) in [5.41, 5.74) is 2.65. The highest BCUT2D eigenvalue weighted by molar-refractivity contribution is 7.98. The highest BCUT2D eigenvalue weighted by atomic mass is 32.2. The summed E-state index contributed by atoms with van der Waals surface area (Å²) in [6.45, 7) is 15.0. The van der Waals surface area contributed by atoms with E-state index in [-0.39, 0.29) is 11.9 Å². The molecule has 0 saturated carbocycles. The zero-order valence-corrected chi connectivity index (χ0v) is 19.2. The van der Waals surface area contributed by atoms with Crippen LogP contribution in [0.15, 0.2) is 17.9 Å². The van der Waals surface area contributed by atoms with Gasteiger partial charge < -0.3 is 4.74 Å². The molecule has 0 fully saturated rings. The molecule has 0 aliphatic carbocycles. The van der Waals surface area contributed by atoms with Gasteiger partial charge in [-0.2, -0.15) is 0 Å². The summed E-state index contributed by atoms with van der Waals surface area (Å²) >= 11 is 1.47. The Kier molecular flexibility index (Phi) is 6.36. The normalized spacial score (nSPS) is 16.8. The average molecular weight is 406 g/mol. The molecule has 0 unspecified atom stereocenters. The number of thioether (sulfide) groups is 1. The SMILES string of the molecule is CSCON1C(=O)C(c2c(C)cc(C)cc2C)=C(OC(=O)C(C)(C)C)C1(C)C. The smallest absolute Gasteiger partial charge is 0.316 e. The minimum Gasteiger partial charge on any atom is -0.427 e. The van der Waals surface area contributed by atoms with Gasteiger partial charge in [-0.25, -0.2) is 5.06 Å². The third kappa shape index (κ3) is 4.13. The molecule has 0 atom stereocenters. The monoisotopic (exact) mass is 405 g/mol. The first-order valence-electron chi connectivity index (χ1n) is 9.34. The summed E-state index contributed by atoms with van der Waals surface area (Å²) < 4.78 is 5.87. The van der Waals surface area contributed by atoms with Crippen molar-refractivity contribution >= 4 is 29.2 Å². The zero-order chi connectivity index (χ0) is 21.4. The van der Waals surface area contributed by atoms with Crippen LogP contribution in [0, 0.1) is 26.2 Å². The van der Waals surface area contributed by atoms with Gasteiger partial charge in [0.1, 0.15) is 17.2 Å². The highest BCUT2D eigenvalue weighted by Crippen LogP contribution is 2.43. The van der Waals surface area contributed by atoms with Gasteiger partial charge in [-0.05, 0) is 78.3 Å². The van der Waals surface area contributed by atoms with E-state index in [1.165, 1.54) is 16.8 Å². The highest BCUT2D eigenvalue weighted by Gasteiger charge is 2.50. The van der Waals surface area contributed by atoms with Crippen molar-refractivity contribution in [2.24, 2.45) is 5.41 Å².